The van der Waals surface area contributed by atoms with Crippen LogP contribution < -0.4 is 4.74 Å². The van der Waals surface area contributed by atoms with E-state index in [2.05, 4.69) is 6.58 Å². The summed E-state index contributed by atoms with van der Waals surface area (Å²) in [5, 5.41) is 0. The van der Waals surface area contributed by atoms with Gasteiger partial charge in [-0.25, -0.2) is 9.59 Å². The van der Waals surface area contributed by atoms with Crippen molar-refractivity contribution in [1.29, 1.82) is 0 Å². The van der Waals surface area contributed by atoms with Crippen molar-refractivity contribution in [2.75, 3.05) is 13.2 Å². The SMILES string of the molecule is C=C(COCc1ccccc1)c1ccc(COCC(C)C)c(C(=O)OC(C)(C)C)c1OC(=O)OC(C)(C)C. The second-order valence-electron chi connectivity index (χ2n) is 11.5. The number of hydrogen-bond donors (Lipinski definition) is 0. The summed E-state index contributed by atoms with van der Waals surface area (Å²) in [5.74, 6) is -0.329. The molecular weight excluding hydrogens is 484 g/mol. The lowest BCUT2D eigenvalue weighted by Crippen LogP contribution is -2.28. The van der Waals surface area contributed by atoms with Crippen LogP contribution in [0.3, 0.4) is 0 Å². The summed E-state index contributed by atoms with van der Waals surface area (Å²) in [6.45, 7) is 19.9. The Hall–Kier alpha value is -3.16. The highest BCUT2D eigenvalue weighted by molar-refractivity contribution is 5.97. The Balaban J connectivity index is 2.49. The van der Waals surface area contributed by atoms with E-state index in [9.17, 15) is 9.59 Å². The molecule has 7 nitrogen and oxygen atoms in total. The second-order valence-corrected chi connectivity index (χ2v) is 11.5. The summed E-state index contributed by atoms with van der Waals surface area (Å²) in [7, 11) is 0. The van der Waals surface area contributed by atoms with Gasteiger partial charge in [0.25, 0.3) is 0 Å². The molecule has 0 bridgehead atoms. The molecule has 0 heterocycles. The highest BCUT2D eigenvalue weighted by atomic mass is 16.7. The van der Waals surface area contributed by atoms with Crippen molar-refractivity contribution in [1.82, 2.24) is 0 Å². The van der Waals surface area contributed by atoms with E-state index in [0.717, 1.165) is 5.56 Å². The second kappa shape index (κ2) is 13.6. The Bertz CT molecular complexity index is 1090. The van der Waals surface area contributed by atoms with Crippen LogP contribution >= 0.6 is 0 Å². The Kier molecular flexibility index (Phi) is 11.1. The third-order valence-corrected chi connectivity index (χ3v) is 4.90. The van der Waals surface area contributed by atoms with E-state index >= 15 is 0 Å². The van der Waals surface area contributed by atoms with Gasteiger partial charge in [-0.05, 0) is 64.2 Å². The van der Waals surface area contributed by atoms with E-state index in [1.807, 2.05) is 44.2 Å². The zero-order chi connectivity index (χ0) is 28.5. The number of hydrogen-bond acceptors (Lipinski definition) is 7. The maximum atomic E-state index is 13.5. The van der Waals surface area contributed by atoms with Gasteiger partial charge < -0.3 is 23.7 Å². The lowest BCUT2D eigenvalue weighted by molar-refractivity contribution is 0.00546. The molecule has 0 radical (unpaired) electrons. The standard InChI is InChI=1S/C31H42O7/c1-21(2)17-34-20-24-15-16-25(22(3)18-35-19-23-13-11-10-12-14-23)27(36-29(33)38-31(7,8)9)26(24)28(32)37-30(4,5)6/h10-16,21H,3,17-20H2,1-2,4-9H3. The van der Waals surface area contributed by atoms with Crippen molar-refractivity contribution in [3.05, 3.63) is 71.3 Å². The average molecular weight is 527 g/mol. The number of carbonyl (C=O) groups is 2. The number of esters is 1. The first kappa shape index (κ1) is 31.1. The van der Waals surface area contributed by atoms with Gasteiger partial charge in [-0.3, -0.25) is 0 Å². The van der Waals surface area contributed by atoms with Crippen LogP contribution in [0.15, 0.2) is 49.0 Å². The van der Waals surface area contributed by atoms with Crippen molar-refractivity contribution < 1.29 is 33.3 Å². The summed E-state index contributed by atoms with van der Waals surface area (Å²) >= 11 is 0. The molecular formula is C31H42O7. The molecule has 0 N–H and O–H groups in total. The Morgan fingerprint density at radius 1 is 0.842 bits per heavy atom. The van der Waals surface area contributed by atoms with E-state index in [4.69, 9.17) is 23.7 Å². The van der Waals surface area contributed by atoms with E-state index < -0.39 is 23.3 Å². The molecule has 0 saturated carbocycles. The molecule has 0 aliphatic heterocycles. The predicted octanol–water partition coefficient (Wildman–Crippen LogP) is 7.36. The molecule has 0 saturated heterocycles. The van der Waals surface area contributed by atoms with Crippen LogP contribution in [-0.2, 0) is 32.2 Å². The summed E-state index contributed by atoms with van der Waals surface area (Å²) < 4.78 is 28.5. The zero-order valence-electron chi connectivity index (χ0n) is 24.0. The van der Waals surface area contributed by atoms with Gasteiger partial charge in [0.2, 0.25) is 0 Å². The van der Waals surface area contributed by atoms with Gasteiger partial charge >= 0.3 is 12.1 Å². The minimum absolute atomic E-state index is 0.00691. The van der Waals surface area contributed by atoms with Crippen LogP contribution in [0.2, 0.25) is 0 Å². The van der Waals surface area contributed by atoms with E-state index in [1.165, 1.54) is 0 Å². The van der Waals surface area contributed by atoms with Gasteiger partial charge in [0.1, 0.15) is 16.8 Å². The van der Waals surface area contributed by atoms with Crippen molar-refractivity contribution in [2.45, 2.75) is 79.8 Å². The topological polar surface area (TPSA) is 80.3 Å². The largest absolute Gasteiger partial charge is 0.514 e. The molecule has 38 heavy (non-hydrogen) atoms. The molecule has 0 atom stereocenters. The number of benzene rings is 2. The Labute approximate surface area is 227 Å². The molecule has 208 valence electrons. The van der Waals surface area contributed by atoms with Crippen LogP contribution in [0.5, 0.6) is 5.75 Å². The smallest absolute Gasteiger partial charge is 0.456 e. The van der Waals surface area contributed by atoms with Gasteiger partial charge in [0.15, 0.2) is 5.75 Å². The van der Waals surface area contributed by atoms with Crippen LogP contribution in [0.4, 0.5) is 4.79 Å². The molecule has 0 aromatic heterocycles. The lowest BCUT2D eigenvalue weighted by Gasteiger charge is -2.24. The van der Waals surface area contributed by atoms with Crippen LogP contribution in [0.25, 0.3) is 5.57 Å². The molecule has 0 aliphatic carbocycles. The summed E-state index contributed by atoms with van der Waals surface area (Å²) in [4.78, 5) is 26.3. The van der Waals surface area contributed by atoms with Crippen molar-refractivity contribution in [2.24, 2.45) is 5.92 Å². The van der Waals surface area contributed by atoms with Crippen LogP contribution in [-0.4, -0.2) is 36.5 Å². The van der Waals surface area contributed by atoms with Crippen molar-refractivity contribution >= 4 is 17.7 Å². The number of rotatable bonds is 11. The minimum atomic E-state index is -0.943. The fourth-order valence-corrected chi connectivity index (χ4v) is 3.38. The summed E-state index contributed by atoms with van der Waals surface area (Å²) in [6.07, 6.45) is -0.943. The normalized spacial score (nSPS) is 11.8. The monoisotopic (exact) mass is 526 g/mol. The fourth-order valence-electron chi connectivity index (χ4n) is 3.38. The van der Waals surface area contributed by atoms with Crippen LogP contribution in [0, 0.1) is 5.92 Å². The zero-order valence-corrected chi connectivity index (χ0v) is 24.0. The molecule has 0 fully saturated rings. The van der Waals surface area contributed by atoms with Gasteiger partial charge in [0.05, 0.1) is 19.8 Å². The van der Waals surface area contributed by atoms with Gasteiger partial charge in [-0.1, -0.05) is 62.9 Å². The number of ether oxygens (including phenoxy) is 5. The van der Waals surface area contributed by atoms with Gasteiger partial charge in [-0.15, -0.1) is 0 Å². The first-order chi connectivity index (χ1) is 17.7. The van der Waals surface area contributed by atoms with E-state index in [-0.39, 0.29) is 24.5 Å². The highest BCUT2D eigenvalue weighted by Gasteiger charge is 2.30. The van der Waals surface area contributed by atoms with Gasteiger partial charge in [0, 0.05) is 12.2 Å². The number of carbonyl (C=O) groups excluding carboxylic acids is 2. The molecule has 2 aromatic carbocycles. The quantitative estimate of drug-likeness (QED) is 0.223. The summed E-state index contributed by atoms with van der Waals surface area (Å²) in [6, 6.07) is 13.3. The highest BCUT2D eigenvalue weighted by Crippen LogP contribution is 2.35. The van der Waals surface area contributed by atoms with E-state index in [0.29, 0.717) is 35.8 Å². The van der Waals surface area contributed by atoms with Crippen LogP contribution in [0.1, 0.15) is 82.4 Å². The maximum Gasteiger partial charge on any atom is 0.514 e. The molecule has 2 rings (SSSR count). The Morgan fingerprint density at radius 2 is 1.47 bits per heavy atom. The van der Waals surface area contributed by atoms with Crippen molar-refractivity contribution in [3.63, 3.8) is 0 Å². The molecule has 0 amide bonds. The van der Waals surface area contributed by atoms with E-state index in [1.54, 1.807) is 53.7 Å². The molecule has 7 heteroatoms. The minimum Gasteiger partial charge on any atom is -0.456 e. The summed E-state index contributed by atoms with van der Waals surface area (Å²) in [5.41, 5.74) is 1.03. The van der Waals surface area contributed by atoms with Gasteiger partial charge in [-0.2, -0.15) is 0 Å². The molecule has 0 aliphatic rings. The molecule has 0 spiro atoms. The lowest BCUT2D eigenvalue weighted by atomic mass is 9.98. The first-order valence-electron chi connectivity index (χ1n) is 12.8. The maximum absolute atomic E-state index is 13.5. The first-order valence-corrected chi connectivity index (χ1v) is 12.8. The molecule has 0 unspecified atom stereocenters. The predicted molar refractivity (Wildman–Crippen MR) is 148 cm³/mol. The average Bonchev–Trinajstić information content (AvgIpc) is 2.77. The third-order valence-electron chi connectivity index (χ3n) is 4.90. The molecule has 2 aromatic rings. The van der Waals surface area contributed by atoms with Crippen molar-refractivity contribution in [3.8, 4) is 5.75 Å². The fraction of sp³-hybridized carbons (Fsp3) is 0.484. The third kappa shape index (κ3) is 10.7. The Morgan fingerprint density at radius 3 is 2.05 bits per heavy atom.